The lowest BCUT2D eigenvalue weighted by molar-refractivity contribution is 0.615. The van der Waals surface area contributed by atoms with Crippen LogP contribution in [-0.2, 0) is 0 Å². The number of aryl methyl sites for hydroxylation is 1. The third kappa shape index (κ3) is 2.29. The van der Waals surface area contributed by atoms with Crippen molar-refractivity contribution in [3.63, 3.8) is 0 Å². The van der Waals surface area contributed by atoms with Crippen molar-refractivity contribution in [2.24, 2.45) is 5.84 Å². The van der Waals surface area contributed by atoms with Crippen LogP contribution >= 0.6 is 0 Å². The first kappa shape index (κ1) is 10.6. The Morgan fingerprint density at radius 3 is 2.36 bits per heavy atom. The number of nitrogens with one attached hydrogen (secondary N) is 2. The molecule has 1 heterocycles. The second-order valence-corrected chi connectivity index (χ2v) is 3.23. The molecule has 78 valence electrons. The zero-order chi connectivity index (χ0) is 10.7. The van der Waals surface area contributed by atoms with Gasteiger partial charge in [-0.2, -0.15) is 4.39 Å². The number of nitrogens with two attached hydrogens (primary N) is 1. The highest BCUT2D eigenvalue weighted by molar-refractivity contribution is 5.49. The highest BCUT2D eigenvalue weighted by Crippen LogP contribution is 2.18. The Labute approximate surface area is 81.9 Å². The molecular weight excluding hydrogens is 185 g/mol. The summed E-state index contributed by atoms with van der Waals surface area (Å²) in [6.07, 6.45) is 0. The zero-order valence-electron chi connectivity index (χ0n) is 8.43. The quantitative estimate of drug-likeness (QED) is 0.500. The lowest BCUT2D eigenvalue weighted by Gasteiger charge is -2.12. The summed E-state index contributed by atoms with van der Waals surface area (Å²) >= 11 is 0. The van der Waals surface area contributed by atoms with Crippen LogP contribution in [0.4, 0.5) is 16.0 Å². The van der Waals surface area contributed by atoms with Crippen molar-refractivity contribution < 1.29 is 4.39 Å². The highest BCUT2D eigenvalue weighted by atomic mass is 19.1. The summed E-state index contributed by atoms with van der Waals surface area (Å²) < 4.78 is 13.5. The summed E-state index contributed by atoms with van der Waals surface area (Å²) in [7, 11) is 0. The normalized spacial score (nSPS) is 10.4. The number of nitrogen functional groups attached to an aromatic ring is 1. The standard InChI is InChI=1S/C8H14FN5/c1-4(2)11-7-6(9)8(14-10)13-5(3)12-7/h4H,10H2,1-3H3,(H2,11,12,13,14). The van der Waals surface area contributed by atoms with Crippen LogP contribution in [0.5, 0.6) is 0 Å². The van der Waals surface area contributed by atoms with Crippen LogP contribution in [0.15, 0.2) is 0 Å². The van der Waals surface area contributed by atoms with Crippen molar-refractivity contribution in [2.75, 3.05) is 10.7 Å². The second kappa shape index (κ2) is 4.19. The molecule has 5 nitrogen and oxygen atoms in total. The van der Waals surface area contributed by atoms with Gasteiger partial charge in [-0.3, -0.25) is 0 Å². The van der Waals surface area contributed by atoms with Crippen molar-refractivity contribution in [1.82, 2.24) is 9.97 Å². The van der Waals surface area contributed by atoms with Gasteiger partial charge in [0.2, 0.25) is 5.82 Å². The summed E-state index contributed by atoms with van der Waals surface area (Å²) in [6.45, 7) is 5.46. The maximum absolute atomic E-state index is 13.5. The number of rotatable bonds is 3. The van der Waals surface area contributed by atoms with Crippen molar-refractivity contribution in [3.8, 4) is 0 Å². The number of hydrogen-bond donors (Lipinski definition) is 3. The molecule has 0 bridgehead atoms. The number of hydrazine groups is 1. The molecule has 0 atom stereocenters. The number of nitrogens with zero attached hydrogens (tertiary/aromatic N) is 2. The monoisotopic (exact) mass is 199 g/mol. The van der Waals surface area contributed by atoms with Gasteiger partial charge in [-0.05, 0) is 20.8 Å². The Kier molecular flexibility index (Phi) is 3.19. The van der Waals surface area contributed by atoms with E-state index in [4.69, 9.17) is 5.84 Å². The van der Waals surface area contributed by atoms with Gasteiger partial charge in [-0.25, -0.2) is 15.8 Å². The molecule has 0 aliphatic rings. The van der Waals surface area contributed by atoms with Gasteiger partial charge in [0.25, 0.3) is 0 Å². The predicted octanol–water partition coefficient (Wildman–Crippen LogP) is 1.03. The van der Waals surface area contributed by atoms with Gasteiger partial charge in [-0.15, -0.1) is 0 Å². The maximum Gasteiger partial charge on any atom is 0.208 e. The fourth-order valence-electron chi connectivity index (χ4n) is 1.02. The molecule has 1 aromatic rings. The summed E-state index contributed by atoms with van der Waals surface area (Å²) in [6, 6.07) is 0.101. The zero-order valence-corrected chi connectivity index (χ0v) is 8.43. The first-order chi connectivity index (χ1) is 6.54. The van der Waals surface area contributed by atoms with Gasteiger partial charge >= 0.3 is 0 Å². The molecule has 0 spiro atoms. The molecule has 14 heavy (non-hydrogen) atoms. The molecule has 0 saturated carbocycles. The molecule has 1 rings (SSSR count). The highest BCUT2D eigenvalue weighted by Gasteiger charge is 2.12. The molecule has 0 aliphatic heterocycles. The molecule has 0 aliphatic carbocycles. The van der Waals surface area contributed by atoms with E-state index >= 15 is 0 Å². The summed E-state index contributed by atoms with van der Waals surface area (Å²) in [5, 5.41) is 2.87. The first-order valence-electron chi connectivity index (χ1n) is 4.32. The number of hydrogen-bond acceptors (Lipinski definition) is 5. The van der Waals surface area contributed by atoms with E-state index in [2.05, 4.69) is 20.7 Å². The number of halogens is 1. The smallest absolute Gasteiger partial charge is 0.208 e. The minimum Gasteiger partial charge on any atom is -0.365 e. The number of aromatic nitrogens is 2. The van der Waals surface area contributed by atoms with E-state index in [9.17, 15) is 4.39 Å². The van der Waals surface area contributed by atoms with Crippen LogP contribution in [-0.4, -0.2) is 16.0 Å². The van der Waals surface area contributed by atoms with Crippen molar-refractivity contribution in [3.05, 3.63) is 11.6 Å². The van der Waals surface area contributed by atoms with E-state index in [-0.39, 0.29) is 17.7 Å². The van der Waals surface area contributed by atoms with E-state index in [0.29, 0.717) is 5.82 Å². The largest absolute Gasteiger partial charge is 0.365 e. The van der Waals surface area contributed by atoms with Crippen LogP contribution < -0.4 is 16.6 Å². The Hall–Kier alpha value is -1.43. The summed E-state index contributed by atoms with van der Waals surface area (Å²) in [4.78, 5) is 7.73. The van der Waals surface area contributed by atoms with Gasteiger partial charge in [-0.1, -0.05) is 0 Å². The number of anilines is 2. The summed E-state index contributed by atoms with van der Waals surface area (Å²) in [5.74, 6) is 5.18. The van der Waals surface area contributed by atoms with Crippen LogP contribution in [0.1, 0.15) is 19.7 Å². The predicted molar refractivity (Wildman–Crippen MR) is 53.3 cm³/mol. The second-order valence-electron chi connectivity index (χ2n) is 3.23. The van der Waals surface area contributed by atoms with E-state index in [1.165, 1.54) is 0 Å². The van der Waals surface area contributed by atoms with Crippen LogP contribution in [0, 0.1) is 12.7 Å². The molecule has 0 saturated heterocycles. The first-order valence-corrected chi connectivity index (χ1v) is 4.32. The molecule has 0 fully saturated rings. The molecule has 4 N–H and O–H groups in total. The molecule has 1 aromatic heterocycles. The Morgan fingerprint density at radius 2 is 1.86 bits per heavy atom. The van der Waals surface area contributed by atoms with Crippen LogP contribution in [0.2, 0.25) is 0 Å². The Bertz CT molecular complexity index is 326. The van der Waals surface area contributed by atoms with Gasteiger partial charge < -0.3 is 10.7 Å². The van der Waals surface area contributed by atoms with Crippen LogP contribution in [0.3, 0.4) is 0 Å². The third-order valence-corrected chi connectivity index (χ3v) is 1.53. The van der Waals surface area contributed by atoms with Crippen molar-refractivity contribution in [2.45, 2.75) is 26.8 Å². The van der Waals surface area contributed by atoms with Gasteiger partial charge in [0.15, 0.2) is 11.6 Å². The van der Waals surface area contributed by atoms with Crippen molar-refractivity contribution >= 4 is 11.6 Å². The molecule has 0 amide bonds. The Morgan fingerprint density at radius 1 is 1.29 bits per heavy atom. The topological polar surface area (TPSA) is 75.9 Å². The SMILES string of the molecule is Cc1nc(NN)c(F)c(NC(C)C)n1. The molecule has 0 radical (unpaired) electrons. The third-order valence-electron chi connectivity index (χ3n) is 1.53. The fourth-order valence-corrected chi connectivity index (χ4v) is 1.02. The maximum atomic E-state index is 13.5. The molecule has 0 aromatic carbocycles. The fraction of sp³-hybridized carbons (Fsp3) is 0.500. The summed E-state index contributed by atoms with van der Waals surface area (Å²) in [5.41, 5.74) is 2.18. The minimum absolute atomic E-state index is 0.000602. The molecular formula is C8H14FN5. The van der Waals surface area contributed by atoms with E-state index in [1.54, 1.807) is 6.92 Å². The van der Waals surface area contributed by atoms with E-state index in [1.807, 2.05) is 13.8 Å². The molecule has 0 unspecified atom stereocenters. The lowest BCUT2D eigenvalue weighted by Crippen LogP contribution is -2.17. The van der Waals surface area contributed by atoms with Gasteiger partial charge in [0, 0.05) is 6.04 Å². The molecule has 6 heteroatoms. The van der Waals surface area contributed by atoms with Gasteiger partial charge in [0.1, 0.15) is 5.82 Å². The average molecular weight is 199 g/mol. The average Bonchev–Trinajstić information content (AvgIpc) is 2.09. The minimum atomic E-state index is -0.563. The Balaban J connectivity index is 3.08. The van der Waals surface area contributed by atoms with Crippen molar-refractivity contribution in [1.29, 1.82) is 0 Å². The van der Waals surface area contributed by atoms with Gasteiger partial charge in [0.05, 0.1) is 0 Å². The van der Waals surface area contributed by atoms with Crippen LogP contribution in [0.25, 0.3) is 0 Å². The van der Waals surface area contributed by atoms with E-state index < -0.39 is 5.82 Å². The lowest BCUT2D eigenvalue weighted by atomic mass is 10.3. The van der Waals surface area contributed by atoms with E-state index in [0.717, 1.165) is 0 Å².